The second-order valence-electron chi connectivity index (χ2n) is 5.57. The van der Waals surface area contributed by atoms with Crippen molar-refractivity contribution >= 4 is 39.8 Å². The molecule has 1 amide bonds. The smallest absolute Gasteiger partial charge is 0.348 e. The van der Waals surface area contributed by atoms with Gasteiger partial charge in [0.1, 0.15) is 16.6 Å². The van der Waals surface area contributed by atoms with Crippen LogP contribution in [0.4, 0.5) is 5.00 Å². The number of carbonyl (C=O) groups excluding carboxylic acids is 2. The molecule has 0 N–H and O–H groups in total. The lowest BCUT2D eigenvalue weighted by atomic mass is 9.92. The maximum Gasteiger partial charge on any atom is 0.348 e. The average Bonchev–Trinajstić information content (AvgIpc) is 3.04. The number of carbonyl (C=O) groups is 2. The fourth-order valence-corrected chi connectivity index (χ4v) is 3.48. The van der Waals surface area contributed by atoms with Crippen molar-refractivity contribution in [2.75, 3.05) is 25.6 Å². The van der Waals surface area contributed by atoms with Crippen LogP contribution in [0, 0.1) is 5.92 Å². The van der Waals surface area contributed by atoms with Crippen molar-refractivity contribution in [3.05, 3.63) is 40.8 Å². The van der Waals surface area contributed by atoms with Gasteiger partial charge in [0.15, 0.2) is 0 Å². The van der Waals surface area contributed by atoms with Crippen molar-refractivity contribution in [1.29, 1.82) is 0 Å². The number of thiophene rings is 1. The molecule has 7 heteroatoms. The molecule has 0 radical (unpaired) electrons. The first-order valence-corrected chi connectivity index (χ1v) is 8.25. The minimum absolute atomic E-state index is 0.175. The van der Waals surface area contributed by atoms with Crippen molar-refractivity contribution in [2.24, 2.45) is 15.9 Å². The highest BCUT2D eigenvalue weighted by molar-refractivity contribution is 7.17. The first kappa shape index (κ1) is 16.3. The van der Waals surface area contributed by atoms with Crippen molar-refractivity contribution in [1.82, 2.24) is 0 Å². The lowest BCUT2D eigenvalue weighted by molar-refractivity contribution is -0.118. The van der Waals surface area contributed by atoms with Crippen molar-refractivity contribution < 1.29 is 14.3 Å². The van der Waals surface area contributed by atoms with Crippen LogP contribution in [0.3, 0.4) is 0 Å². The molecule has 3 rings (SSSR count). The van der Waals surface area contributed by atoms with Gasteiger partial charge in [-0.2, -0.15) is 4.99 Å². The quantitative estimate of drug-likeness (QED) is 0.788. The summed E-state index contributed by atoms with van der Waals surface area (Å²) in [6.45, 7) is 2.34. The van der Waals surface area contributed by atoms with Gasteiger partial charge in [-0.1, -0.05) is 12.2 Å². The van der Waals surface area contributed by atoms with Crippen LogP contribution in [0.5, 0.6) is 0 Å². The summed E-state index contributed by atoms with van der Waals surface area (Å²) in [5.74, 6) is -0.403. The largest absolute Gasteiger partial charge is 0.465 e. The number of likely N-dealkylation sites (N-methyl/N-ethyl adjacent to an activating group) is 1. The second-order valence-corrected chi connectivity index (χ2v) is 6.63. The minimum Gasteiger partial charge on any atom is -0.465 e. The van der Waals surface area contributed by atoms with Crippen molar-refractivity contribution in [3.63, 3.8) is 0 Å². The van der Waals surface area contributed by atoms with Gasteiger partial charge < -0.3 is 9.64 Å². The van der Waals surface area contributed by atoms with Crippen molar-refractivity contribution in [2.45, 2.75) is 6.92 Å². The Morgan fingerprint density at radius 3 is 2.88 bits per heavy atom. The normalized spacial score (nSPS) is 19.2. The van der Waals surface area contributed by atoms with Crippen LogP contribution in [-0.2, 0) is 9.53 Å². The number of aliphatic imine (C=N–C) groups is 2. The van der Waals surface area contributed by atoms with Crippen LogP contribution in [0.1, 0.15) is 16.6 Å². The standard InChI is InChI=1S/C17H17N3O3S/c1-10-18-13-5-4-11(8-12(13)16(21)19-10)9-20(2)15-7-6-14(24-15)17(22)23-3/h4-8,12H,9H2,1-3H3. The zero-order valence-corrected chi connectivity index (χ0v) is 14.5. The number of rotatable bonds is 4. The molecule has 0 saturated carbocycles. The fraction of sp³-hybridized carbons (Fsp3) is 0.294. The number of amides is 1. The predicted octanol–water partition coefficient (Wildman–Crippen LogP) is 2.48. The van der Waals surface area contributed by atoms with Crippen LogP contribution in [0.15, 0.2) is 45.9 Å². The topological polar surface area (TPSA) is 71.3 Å². The maximum atomic E-state index is 12.0. The number of fused-ring (bicyclic) bond motifs is 1. The minimum atomic E-state index is -0.393. The first-order chi connectivity index (χ1) is 11.5. The van der Waals surface area contributed by atoms with Crippen LogP contribution in [0.2, 0.25) is 0 Å². The highest BCUT2D eigenvalue weighted by Crippen LogP contribution is 2.27. The van der Waals surface area contributed by atoms with Gasteiger partial charge in [-0.05, 0) is 30.7 Å². The Morgan fingerprint density at radius 2 is 2.12 bits per heavy atom. The molecule has 124 valence electrons. The highest BCUT2D eigenvalue weighted by Gasteiger charge is 2.27. The Hall–Kier alpha value is -2.54. The summed E-state index contributed by atoms with van der Waals surface area (Å²) in [6, 6.07) is 3.64. The molecule has 1 aromatic rings. The van der Waals surface area contributed by atoms with E-state index in [1.807, 2.05) is 36.2 Å². The number of hydrogen-bond acceptors (Lipinski definition) is 6. The van der Waals surface area contributed by atoms with E-state index >= 15 is 0 Å². The third-order valence-electron chi connectivity index (χ3n) is 3.77. The Balaban J connectivity index is 1.73. The second kappa shape index (κ2) is 6.52. The van der Waals surface area contributed by atoms with E-state index in [4.69, 9.17) is 4.74 Å². The lowest BCUT2D eigenvalue weighted by Crippen LogP contribution is -2.29. The van der Waals surface area contributed by atoms with Gasteiger partial charge in [-0.3, -0.25) is 4.79 Å². The third-order valence-corrected chi connectivity index (χ3v) is 4.95. The van der Waals surface area contributed by atoms with E-state index in [-0.39, 0.29) is 11.9 Å². The molecule has 1 aliphatic carbocycles. The molecule has 2 aliphatic rings. The molecule has 0 saturated heterocycles. The molecule has 1 unspecified atom stereocenters. The van der Waals surface area contributed by atoms with E-state index < -0.39 is 5.92 Å². The van der Waals surface area contributed by atoms with E-state index in [9.17, 15) is 9.59 Å². The molecule has 2 heterocycles. The van der Waals surface area contributed by atoms with E-state index in [0.29, 0.717) is 17.3 Å². The average molecular weight is 343 g/mol. The maximum absolute atomic E-state index is 12.0. The van der Waals surface area contributed by atoms with Crippen molar-refractivity contribution in [3.8, 4) is 0 Å². The molecular formula is C17H17N3O3S. The van der Waals surface area contributed by atoms with Gasteiger partial charge >= 0.3 is 5.97 Å². The van der Waals surface area contributed by atoms with Gasteiger partial charge in [0.05, 0.1) is 17.8 Å². The van der Waals surface area contributed by atoms with Crippen LogP contribution < -0.4 is 4.90 Å². The Kier molecular flexibility index (Phi) is 4.44. The number of allylic oxidation sites excluding steroid dienone is 1. The first-order valence-electron chi connectivity index (χ1n) is 7.43. The van der Waals surface area contributed by atoms with Gasteiger partial charge in [-0.15, -0.1) is 11.3 Å². The molecule has 1 atom stereocenters. The number of anilines is 1. The van der Waals surface area contributed by atoms with Crippen LogP contribution in [-0.4, -0.2) is 44.1 Å². The van der Waals surface area contributed by atoms with E-state index in [0.717, 1.165) is 16.3 Å². The van der Waals surface area contributed by atoms with E-state index in [1.165, 1.54) is 18.4 Å². The molecule has 0 spiro atoms. The highest BCUT2D eigenvalue weighted by atomic mass is 32.1. The zero-order chi connectivity index (χ0) is 17.3. The molecule has 24 heavy (non-hydrogen) atoms. The van der Waals surface area contributed by atoms with Gasteiger partial charge in [0.25, 0.3) is 5.91 Å². The Labute approximate surface area is 143 Å². The zero-order valence-electron chi connectivity index (χ0n) is 13.6. The van der Waals surface area contributed by atoms with Crippen LogP contribution >= 0.6 is 11.3 Å². The van der Waals surface area contributed by atoms with Gasteiger partial charge in [0, 0.05) is 13.6 Å². The summed E-state index contributed by atoms with van der Waals surface area (Å²) in [4.78, 5) is 34.4. The monoisotopic (exact) mass is 343 g/mol. The molecule has 0 fully saturated rings. The summed E-state index contributed by atoms with van der Waals surface area (Å²) in [5, 5.41) is 0.952. The number of ether oxygens (including phenoxy) is 1. The van der Waals surface area contributed by atoms with Gasteiger partial charge in [0.2, 0.25) is 0 Å². The van der Waals surface area contributed by atoms with E-state index in [2.05, 4.69) is 9.98 Å². The number of amidine groups is 1. The predicted molar refractivity (Wildman–Crippen MR) is 95.2 cm³/mol. The van der Waals surface area contributed by atoms with Gasteiger partial charge in [-0.25, -0.2) is 9.79 Å². The number of methoxy groups -OCH3 is 1. The SMILES string of the molecule is COC(=O)c1ccc(N(C)CC2=CC3C(=O)N=C(C)N=C3C=C2)s1. The Morgan fingerprint density at radius 1 is 1.33 bits per heavy atom. The third kappa shape index (κ3) is 3.21. The molecule has 0 bridgehead atoms. The number of nitrogens with zero attached hydrogens (tertiary/aromatic N) is 3. The molecule has 6 nitrogen and oxygen atoms in total. The molecule has 0 aromatic carbocycles. The Bertz CT molecular complexity index is 817. The summed E-state index contributed by atoms with van der Waals surface area (Å²) in [5.41, 5.74) is 1.75. The fourth-order valence-electron chi connectivity index (χ4n) is 2.60. The summed E-state index contributed by atoms with van der Waals surface area (Å²) < 4.78 is 4.73. The molecule has 1 aliphatic heterocycles. The van der Waals surface area contributed by atoms with Crippen LogP contribution in [0.25, 0.3) is 0 Å². The molecule has 1 aromatic heterocycles. The summed E-state index contributed by atoms with van der Waals surface area (Å²) >= 11 is 1.37. The van der Waals surface area contributed by atoms with E-state index in [1.54, 1.807) is 13.0 Å². The number of esters is 1. The lowest BCUT2D eigenvalue weighted by Gasteiger charge is -2.23. The summed E-state index contributed by atoms with van der Waals surface area (Å²) in [6.07, 6.45) is 5.74. The summed E-state index contributed by atoms with van der Waals surface area (Å²) in [7, 11) is 3.31. The molecular weight excluding hydrogens is 326 g/mol. The number of hydrogen-bond donors (Lipinski definition) is 0.